The third kappa shape index (κ3) is 5.60. The van der Waals surface area contributed by atoms with Crippen molar-refractivity contribution in [2.45, 2.75) is 46.2 Å². The molecule has 0 unspecified atom stereocenters. The Morgan fingerprint density at radius 1 is 1.21 bits per heavy atom. The van der Waals surface area contributed by atoms with Crippen LogP contribution in [0.15, 0.2) is 36.5 Å². The van der Waals surface area contributed by atoms with E-state index in [2.05, 4.69) is 10.3 Å². The van der Waals surface area contributed by atoms with Gasteiger partial charge in [-0.1, -0.05) is 6.07 Å². The summed E-state index contributed by atoms with van der Waals surface area (Å²) < 4.78 is 11.0. The summed E-state index contributed by atoms with van der Waals surface area (Å²) in [6.45, 7) is 8.50. The summed E-state index contributed by atoms with van der Waals surface area (Å²) in [5, 5.41) is 14.1. The molecule has 0 radical (unpaired) electrons. The number of benzene rings is 1. The molecule has 1 aromatic heterocycles. The Morgan fingerprint density at radius 3 is 2.41 bits per heavy atom. The molecule has 29 heavy (non-hydrogen) atoms. The van der Waals surface area contributed by atoms with Crippen LogP contribution in [0.1, 0.15) is 33.3 Å². The zero-order valence-corrected chi connectivity index (χ0v) is 17.5. The maximum Gasteiger partial charge on any atom is 0.246 e. The maximum atomic E-state index is 12.5. The minimum Gasteiger partial charge on any atom is -0.530 e. The molecule has 1 N–H and O–H groups in total. The van der Waals surface area contributed by atoms with Gasteiger partial charge in [-0.05, 0) is 52.3 Å². The Balaban J connectivity index is 2.09. The number of carbonyl (C=O) groups is 2. The van der Waals surface area contributed by atoms with Crippen LogP contribution in [0.4, 0.5) is 10.5 Å². The van der Waals surface area contributed by atoms with Crippen molar-refractivity contribution in [3.63, 3.8) is 0 Å². The molecule has 8 heteroatoms. The van der Waals surface area contributed by atoms with Crippen LogP contribution in [0.3, 0.4) is 0 Å². The Bertz CT molecular complexity index is 875. The number of hydrogen-bond donors (Lipinski definition) is 1. The van der Waals surface area contributed by atoms with Crippen LogP contribution in [-0.4, -0.2) is 40.6 Å². The normalized spacial score (nSPS) is 12.1. The Hall–Kier alpha value is -3.29. The number of nitrogens with one attached hydrogen (secondary N) is 1. The van der Waals surface area contributed by atoms with E-state index in [4.69, 9.17) is 9.47 Å². The highest BCUT2D eigenvalue weighted by Crippen LogP contribution is 2.28. The van der Waals surface area contributed by atoms with Gasteiger partial charge in [-0.2, -0.15) is 0 Å². The minimum absolute atomic E-state index is 0.346. The lowest BCUT2D eigenvalue weighted by Crippen LogP contribution is -2.58. The topological polar surface area (TPSA) is 104 Å². The lowest BCUT2D eigenvalue weighted by atomic mass is 10.0. The number of ether oxygens (including phenoxy) is 2. The molecule has 0 aliphatic carbocycles. The smallest absolute Gasteiger partial charge is 0.246 e. The average Bonchev–Trinajstić information content (AvgIpc) is 2.63. The fourth-order valence-electron chi connectivity index (χ4n) is 2.82. The van der Waals surface area contributed by atoms with E-state index in [0.29, 0.717) is 23.1 Å². The quantitative estimate of drug-likeness (QED) is 0.799. The number of methoxy groups -OCH3 is 1. The van der Waals surface area contributed by atoms with E-state index in [9.17, 15) is 14.7 Å². The lowest BCUT2D eigenvalue weighted by Gasteiger charge is -2.41. The maximum absolute atomic E-state index is 12.5. The van der Waals surface area contributed by atoms with Gasteiger partial charge in [0.1, 0.15) is 23.6 Å². The molecule has 1 atom stereocenters. The number of pyridine rings is 1. The van der Waals surface area contributed by atoms with Crippen LogP contribution in [0.5, 0.6) is 17.4 Å². The number of aromatic nitrogens is 1. The van der Waals surface area contributed by atoms with Crippen molar-refractivity contribution < 1.29 is 24.2 Å². The fourth-order valence-corrected chi connectivity index (χ4v) is 2.82. The third-order valence-electron chi connectivity index (χ3n) is 4.30. The second kappa shape index (κ2) is 8.81. The molecule has 8 nitrogen and oxygen atoms in total. The number of carbonyl (C=O) groups excluding carboxylic acids is 2. The van der Waals surface area contributed by atoms with E-state index in [0.717, 1.165) is 10.5 Å². The molecule has 0 saturated heterocycles. The van der Waals surface area contributed by atoms with Gasteiger partial charge in [0, 0.05) is 17.7 Å². The van der Waals surface area contributed by atoms with Gasteiger partial charge in [0.25, 0.3) is 0 Å². The molecule has 0 bridgehead atoms. The first-order valence-electron chi connectivity index (χ1n) is 9.12. The van der Waals surface area contributed by atoms with Crippen molar-refractivity contribution in [1.82, 2.24) is 9.88 Å². The van der Waals surface area contributed by atoms with Crippen LogP contribution in [0.2, 0.25) is 0 Å². The van der Waals surface area contributed by atoms with Gasteiger partial charge in [0.05, 0.1) is 19.0 Å². The lowest BCUT2D eigenvalue weighted by molar-refractivity contribution is -0.272. The predicted octanol–water partition coefficient (Wildman–Crippen LogP) is 2.96. The van der Waals surface area contributed by atoms with Crippen molar-refractivity contribution in [3.05, 3.63) is 42.1 Å². The molecule has 0 aliphatic rings. The SMILES string of the molecule is COc1ccc(C)c(Oc2ccc(NC(=O)[C@@H](C)N(C(=O)[O-])C(C)(C)C)cn2)c1. The van der Waals surface area contributed by atoms with E-state index in [1.165, 1.54) is 13.1 Å². The van der Waals surface area contributed by atoms with E-state index in [1.807, 2.05) is 19.1 Å². The molecule has 0 spiro atoms. The first-order valence-corrected chi connectivity index (χ1v) is 9.12. The minimum atomic E-state index is -1.41. The molecule has 2 rings (SSSR count). The van der Waals surface area contributed by atoms with Crippen molar-refractivity contribution in [3.8, 4) is 17.4 Å². The molecule has 156 valence electrons. The van der Waals surface area contributed by atoms with E-state index >= 15 is 0 Å². The summed E-state index contributed by atoms with van der Waals surface area (Å²) in [7, 11) is 1.58. The van der Waals surface area contributed by atoms with Crippen LogP contribution in [0, 0.1) is 6.92 Å². The first-order chi connectivity index (χ1) is 13.5. The largest absolute Gasteiger partial charge is 0.530 e. The number of amides is 2. The van der Waals surface area contributed by atoms with Gasteiger partial charge < -0.3 is 29.6 Å². The molecule has 0 saturated carbocycles. The summed E-state index contributed by atoms with van der Waals surface area (Å²) in [6, 6.07) is 7.78. The highest BCUT2D eigenvalue weighted by atomic mass is 16.5. The molecule has 2 amide bonds. The zero-order chi connectivity index (χ0) is 21.8. The van der Waals surface area contributed by atoms with Gasteiger partial charge in [0.2, 0.25) is 11.8 Å². The summed E-state index contributed by atoms with van der Waals surface area (Å²) in [4.78, 5) is 29.1. The number of rotatable bonds is 6. The average molecular weight is 400 g/mol. The van der Waals surface area contributed by atoms with Gasteiger partial charge in [-0.3, -0.25) is 4.79 Å². The Labute approximate surface area is 170 Å². The molecule has 2 aromatic rings. The summed E-state index contributed by atoms with van der Waals surface area (Å²) in [5.74, 6) is 1.14. The molecule has 1 aromatic carbocycles. The predicted molar refractivity (Wildman–Crippen MR) is 107 cm³/mol. The second-order valence-electron chi connectivity index (χ2n) is 7.59. The molecule has 0 aliphatic heterocycles. The first kappa shape index (κ1) is 22.0. The van der Waals surface area contributed by atoms with Crippen LogP contribution in [-0.2, 0) is 4.79 Å². The molecular formula is C21H26N3O5-. The number of carboxylic acid groups (broad SMARTS) is 1. The highest BCUT2D eigenvalue weighted by molar-refractivity contribution is 5.96. The monoisotopic (exact) mass is 400 g/mol. The van der Waals surface area contributed by atoms with Crippen LogP contribution in [0.25, 0.3) is 0 Å². The van der Waals surface area contributed by atoms with Gasteiger partial charge in [-0.15, -0.1) is 0 Å². The Morgan fingerprint density at radius 2 is 1.90 bits per heavy atom. The van der Waals surface area contributed by atoms with E-state index in [-0.39, 0.29) is 0 Å². The molecular weight excluding hydrogens is 374 g/mol. The number of aryl methyl sites for hydroxylation is 1. The molecule has 0 fully saturated rings. The zero-order valence-electron chi connectivity index (χ0n) is 17.5. The van der Waals surface area contributed by atoms with Crippen molar-refractivity contribution >= 4 is 17.7 Å². The van der Waals surface area contributed by atoms with Gasteiger partial charge >= 0.3 is 0 Å². The van der Waals surface area contributed by atoms with Gasteiger partial charge in [-0.25, -0.2) is 4.98 Å². The van der Waals surface area contributed by atoms with Crippen LogP contribution >= 0.6 is 0 Å². The van der Waals surface area contributed by atoms with Gasteiger partial charge in [0.15, 0.2) is 0 Å². The summed E-state index contributed by atoms with van der Waals surface area (Å²) >= 11 is 0. The third-order valence-corrected chi connectivity index (χ3v) is 4.30. The summed E-state index contributed by atoms with van der Waals surface area (Å²) in [5.41, 5.74) is 0.562. The second-order valence-corrected chi connectivity index (χ2v) is 7.59. The standard InChI is InChI=1S/C21H27N3O5/c1-13-7-9-16(28-6)11-17(13)29-18-10-8-15(12-22-18)23-19(25)14(2)24(20(26)27)21(3,4)5/h7-12,14H,1-6H3,(H,23,25)(H,26,27)/p-1/t14-/m1/s1. The Kier molecular flexibility index (Phi) is 6.68. The van der Waals surface area contributed by atoms with Crippen molar-refractivity contribution in [2.24, 2.45) is 0 Å². The van der Waals surface area contributed by atoms with Crippen LogP contribution < -0.4 is 19.9 Å². The number of nitrogens with zero attached hydrogens (tertiary/aromatic N) is 2. The van der Waals surface area contributed by atoms with Crippen molar-refractivity contribution in [1.29, 1.82) is 0 Å². The summed E-state index contributed by atoms with van der Waals surface area (Å²) in [6.07, 6.45) is 0.0336. The fraction of sp³-hybridized carbons (Fsp3) is 0.381. The van der Waals surface area contributed by atoms with E-state index < -0.39 is 23.6 Å². The number of hydrogen-bond acceptors (Lipinski definition) is 6. The molecule has 1 heterocycles. The number of anilines is 1. The highest BCUT2D eigenvalue weighted by Gasteiger charge is 2.30. The van der Waals surface area contributed by atoms with E-state index in [1.54, 1.807) is 46.1 Å². The van der Waals surface area contributed by atoms with Crippen molar-refractivity contribution in [2.75, 3.05) is 12.4 Å².